The van der Waals surface area contributed by atoms with Gasteiger partial charge in [0.2, 0.25) is 0 Å². The number of thioether (sulfide) groups is 1. The molecule has 2 amide bonds. The summed E-state index contributed by atoms with van der Waals surface area (Å²) in [5, 5.41) is 1.78. The Labute approximate surface area is 106 Å². The SMILES string of the molecule is CN1C(=O)S[C@H](Nc2ccc(F)c(Cl)c2)C1=O. The lowest BCUT2D eigenvalue weighted by molar-refractivity contribution is -0.125. The number of hydrogen-bond donors (Lipinski definition) is 1. The van der Waals surface area contributed by atoms with Crippen molar-refractivity contribution in [3.8, 4) is 0 Å². The molecule has 0 radical (unpaired) electrons. The molecule has 1 N–H and O–H groups in total. The molecule has 0 saturated carbocycles. The van der Waals surface area contributed by atoms with Crippen molar-refractivity contribution in [3.05, 3.63) is 29.0 Å². The highest BCUT2D eigenvalue weighted by molar-refractivity contribution is 8.15. The van der Waals surface area contributed by atoms with Gasteiger partial charge in [0.15, 0.2) is 5.37 Å². The summed E-state index contributed by atoms with van der Waals surface area (Å²) in [5.74, 6) is -0.865. The molecule has 1 heterocycles. The third kappa shape index (κ3) is 2.37. The Balaban J connectivity index is 2.14. The van der Waals surface area contributed by atoms with Gasteiger partial charge >= 0.3 is 0 Å². The first-order chi connectivity index (χ1) is 7.99. The molecule has 4 nitrogen and oxygen atoms in total. The average molecular weight is 275 g/mol. The van der Waals surface area contributed by atoms with Crippen molar-refractivity contribution < 1.29 is 14.0 Å². The minimum Gasteiger partial charge on any atom is -0.365 e. The van der Waals surface area contributed by atoms with Crippen molar-refractivity contribution in [2.24, 2.45) is 0 Å². The molecule has 1 aliphatic heterocycles. The smallest absolute Gasteiger partial charge is 0.290 e. The lowest BCUT2D eigenvalue weighted by atomic mass is 10.3. The van der Waals surface area contributed by atoms with Crippen LogP contribution in [-0.4, -0.2) is 28.5 Å². The Bertz CT molecular complexity index is 497. The fraction of sp³-hybridized carbons (Fsp3) is 0.200. The third-order valence-corrected chi connectivity index (χ3v) is 3.59. The van der Waals surface area contributed by atoms with Gasteiger partial charge in [0.05, 0.1) is 5.02 Å². The summed E-state index contributed by atoms with van der Waals surface area (Å²) in [6.45, 7) is 0. The molecule has 90 valence electrons. The van der Waals surface area contributed by atoms with Crippen molar-refractivity contribution in [3.63, 3.8) is 0 Å². The van der Waals surface area contributed by atoms with Gasteiger partial charge in [-0.05, 0) is 30.0 Å². The van der Waals surface area contributed by atoms with Gasteiger partial charge in [0.1, 0.15) is 5.82 Å². The quantitative estimate of drug-likeness (QED) is 0.900. The van der Waals surface area contributed by atoms with Gasteiger partial charge in [-0.1, -0.05) is 11.6 Å². The van der Waals surface area contributed by atoms with Crippen LogP contribution in [0.1, 0.15) is 0 Å². The maximum absolute atomic E-state index is 12.9. The number of anilines is 1. The molecule has 1 saturated heterocycles. The summed E-state index contributed by atoms with van der Waals surface area (Å²) >= 11 is 6.49. The van der Waals surface area contributed by atoms with Crippen molar-refractivity contribution in [1.82, 2.24) is 4.90 Å². The van der Waals surface area contributed by atoms with Crippen LogP contribution in [0.2, 0.25) is 5.02 Å². The number of benzene rings is 1. The molecule has 0 unspecified atom stereocenters. The second-order valence-electron chi connectivity index (χ2n) is 3.43. The number of halogens is 2. The molecule has 1 atom stereocenters. The molecule has 1 aliphatic rings. The molecule has 0 aliphatic carbocycles. The molecule has 0 spiro atoms. The van der Waals surface area contributed by atoms with Crippen LogP contribution in [0.25, 0.3) is 0 Å². The van der Waals surface area contributed by atoms with E-state index in [1.807, 2.05) is 0 Å². The first kappa shape index (κ1) is 12.2. The van der Waals surface area contributed by atoms with E-state index in [9.17, 15) is 14.0 Å². The maximum atomic E-state index is 12.9. The zero-order chi connectivity index (χ0) is 12.6. The monoisotopic (exact) mass is 274 g/mol. The Kier molecular flexibility index (Phi) is 3.26. The molecule has 7 heteroatoms. The predicted octanol–water partition coefficient (Wildman–Crippen LogP) is 2.54. The van der Waals surface area contributed by atoms with E-state index in [4.69, 9.17) is 11.6 Å². The Morgan fingerprint density at radius 2 is 2.18 bits per heavy atom. The number of carbonyl (C=O) groups excluding carboxylic acids is 2. The molecule has 0 aromatic heterocycles. The van der Waals surface area contributed by atoms with Crippen LogP contribution in [0, 0.1) is 5.82 Å². The van der Waals surface area contributed by atoms with Crippen LogP contribution >= 0.6 is 23.4 Å². The molecule has 1 fully saturated rings. The predicted molar refractivity (Wildman–Crippen MR) is 64.6 cm³/mol. The number of nitrogens with zero attached hydrogens (tertiary/aromatic N) is 1. The Hall–Kier alpha value is -1.27. The highest BCUT2D eigenvalue weighted by Crippen LogP contribution is 2.28. The zero-order valence-electron chi connectivity index (χ0n) is 8.74. The number of hydrogen-bond acceptors (Lipinski definition) is 4. The van der Waals surface area contributed by atoms with E-state index in [0.717, 1.165) is 16.7 Å². The fourth-order valence-electron chi connectivity index (χ4n) is 1.32. The number of rotatable bonds is 2. The average Bonchev–Trinajstić information content (AvgIpc) is 2.52. The number of likely N-dealkylation sites (N-methyl/N-ethyl adjacent to an activating group) is 1. The molecule has 17 heavy (non-hydrogen) atoms. The number of imide groups is 1. The van der Waals surface area contributed by atoms with E-state index in [0.29, 0.717) is 5.69 Å². The second kappa shape index (κ2) is 4.54. The summed E-state index contributed by atoms with van der Waals surface area (Å²) in [7, 11) is 1.41. The van der Waals surface area contributed by atoms with E-state index in [-0.39, 0.29) is 16.2 Å². The van der Waals surface area contributed by atoms with Crippen molar-refractivity contribution >= 4 is 40.2 Å². The van der Waals surface area contributed by atoms with Gasteiger partial charge in [-0.15, -0.1) is 0 Å². The highest BCUT2D eigenvalue weighted by atomic mass is 35.5. The standard InChI is InChI=1S/C10H8ClFN2O2S/c1-14-9(15)8(17-10(14)16)13-5-2-3-7(12)6(11)4-5/h2-4,8,13H,1H3/t8-/m0/s1. The van der Waals surface area contributed by atoms with Crippen LogP contribution in [0.3, 0.4) is 0 Å². The van der Waals surface area contributed by atoms with Crippen LogP contribution in [0.4, 0.5) is 14.9 Å². The molecular formula is C10H8ClFN2O2S. The van der Waals surface area contributed by atoms with E-state index in [1.165, 1.54) is 25.2 Å². The van der Waals surface area contributed by atoms with Gasteiger partial charge in [0.25, 0.3) is 11.1 Å². The van der Waals surface area contributed by atoms with Gasteiger partial charge in [-0.3, -0.25) is 14.5 Å². The molecule has 2 rings (SSSR count). The largest absolute Gasteiger partial charge is 0.365 e. The van der Waals surface area contributed by atoms with Gasteiger partial charge in [-0.25, -0.2) is 4.39 Å². The van der Waals surface area contributed by atoms with Crippen LogP contribution in [0.5, 0.6) is 0 Å². The summed E-state index contributed by atoms with van der Waals surface area (Å²) in [5.41, 5.74) is 0.491. The zero-order valence-corrected chi connectivity index (χ0v) is 10.3. The lowest BCUT2D eigenvalue weighted by Gasteiger charge is -2.11. The molecule has 1 aromatic rings. The first-order valence-corrected chi connectivity index (χ1v) is 5.94. The number of carbonyl (C=O) groups is 2. The van der Waals surface area contributed by atoms with E-state index < -0.39 is 11.2 Å². The Morgan fingerprint density at radius 1 is 1.47 bits per heavy atom. The summed E-state index contributed by atoms with van der Waals surface area (Å²) in [6, 6.07) is 4.02. The topological polar surface area (TPSA) is 49.4 Å². The summed E-state index contributed by atoms with van der Waals surface area (Å²) in [4.78, 5) is 23.9. The Morgan fingerprint density at radius 3 is 2.71 bits per heavy atom. The number of amides is 2. The minimum absolute atomic E-state index is 0.0369. The van der Waals surface area contributed by atoms with Crippen molar-refractivity contribution in [2.75, 3.05) is 12.4 Å². The lowest BCUT2D eigenvalue weighted by Crippen LogP contribution is -2.31. The molecule has 0 bridgehead atoms. The fourth-order valence-corrected chi connectivity index (χ4v) is 2.41. The maximum Gasteiger partial charge on any atom is 0.290 e. The number of nitrogens with one attached hydrogen (secondary N) is 1. The molecular weight excluding hydrogens is 267 g/mol. The molecule has 1 aromatic carbocycles. The first-order valence-electron chi connectivity index (χ1n) is 4.69. The van der Waals surface area contributed by atoms with Crippen LogP contribution in [0.15, 0.2) is 18.2 Å². The van der Waals surface area contributed by atoms with Crippen LogP contribution < -0.4 is 5.32 Å². The van der Waals surface area contributed by atoms with E-state index >= 15 is 0 Å². The minimum atomic E-state index is -0.686. The van der Waals surface area contributed by atoms with Crippen LogP contribution in [-0.2, 0) is 4.79 Å². The van der Waals surface area contributed by atoms with Gasteiger partial charge < -0.3 is 5.32 Å². The normalized spacial score (nSPS) is 19.9. The summed E-state index contributed by atoms with van der Waals surface area (Å²) < 4.78 is 12.9. The van der Waals surface area contributed by atoms with Gasteiger partial charge in [0, 0.05) is 12.7 Å². The van der Waals surface area contributed by atoms with E-state index in [1.54, 1.807) is 0 Å². The van der Waals surface area contributed by atoms with Crippen molar-refractivity contribution in [2.45, 2.75) is 5.37 Å². The third-order valence-electron chi connectivity index (χ3n) is 2.26. The van der Waals surface area contributed by atoms with E-state index in [2.05, 4.69) is 5.32 Å². The van der Waals surface area contributed by atoms with Crippen molar-refractivity contribution in [1.29, 1.82) is 0 Å². The highest BCUT2D eigenvalue weighted by Gasteiger charge is 2.37. The second-order valence-corrected chi connectivity index (χ2v) is 4.90. The van der Waals surface area contributed by atoms with Gasteiger partial charge in [-0.2, -0.15) is 0 Å². The summed E-state index contributed by atoms with van der Waals surface area (Å²) in [6.07, 6.45) is 0.